The van der Waals surface area contributed by atoms with Crippen molar-refractivity contribution >= 4 is 28.2 Å². The number of rotatable bonds is 3. The van der Waals surface area contributed by atoms with Crippen molar-refractivity contribution in [1.82, 2.24) is 4.98 Å². The predicted octanol–water partition coefficient (Wildman–Crippen LogP) is 4.70. The number of anilines is 2. The van der Waals surface area contributed by atoms with Crippen LogP contribution in [0.25, 0.3) is 10.9 Å². The Morgan fingerprint density at radius 2 is 1.67 bits per heavy atom. The van der Waals surface area contributed by atoms with Crippen molar-refractivity contribution in [3.63, 3.8) is 0 Å². The molecule has 0 aliphatic carbocycles. The molecule has 0 spiro atoms. The van der Waals surface area contributed by atoms with Crippen LogP contribution in [-0.4, -0.2) is 16.1 Å². The van der Waals surface area contributed by atoms with E-state index in [0.717, 1.165) is 6.07 Å². The van der Waals surface area contributed by atoms with Crippen LogP contribution in [0.5, 0.6) is 0 Å². The SMILES string of the molecule is O=C(O)c1ccccc1Nc1cc(C(F)(F)F)nc2ccccc12. The molecule has 0 radical (unpaired) electrons. The number of nitrogens with zero attached hydrogens (tertiary/aromatic N) is 1. The Hall–Kier alpha value is -3.09. The topological polar surface area (TPSA) is 62.2 Å². The number of fused-ring (bicyclic) bond motifs is 1. The van der Waals surface area contributed by atoms with Gasteiger partial charge in [0.1, 0.15) is 5.69 Å². The number of pyridine rings is 1. The molecule has 0 aliphatic rings. The minimum atomic E-state index is -4.60. The average Bonchev–Trinajstić information content (AvgIpc) is 2.54. The second kappa shape index (κ2) is 5.84. The molecule has 1 heterocycles. The van der Waals surface area contributed by atoms with Gasteiger partial charge in [-0.15, -0.1) is 0 Å². The van der Waals surface area contributed by atoms with E-state index in [-0.39, 0.29) is 22.5 Å². The lowest BCUT2D eigenvalue weighted by molar-refractivity contribution is -0.140. The van der Waals surface area contributed by atoms with Gasteiger partial charge in [0.05, 0.1) is 22.5 Å². The number of para-hydroxylation sites is 2. The van der Waals surface area contributed by atoms with E-state index in [1.54, 1.807) is 30.3 Å². The molecule has 0 saturated carbocycles. The zero-order valence-electron chi connectivity index (χ0n) is 12.1. The minimum Gasteiger partial charge on any atom is -0.478 e. The molecule has 3 aromatic rings. The summed E-state index contributed by atoms with van der Waals surface area (Å²) in [6.07, 6.45) is -4.60. The molecule has 0 unspecified atom stereocenters. The summed E-state index contributed by atoms with van der Waals surface area (Å²) in [4.78, 5) is 14.9. The normalized spacial score (nSPS) is 11.5. The van der Waals surface area contributed by atoms with E-state index in [9.17, 15) is 23.1 Å². The number of benzene rings is 2. The molecule has 3 rings (SSSR count). The third kappa shape index (κ3) is 3.01. The summed E-state index contributed by atoms with van der Waals surface area (Å²) in [7, 11) is 0. The number of carboxylic acid groups (broad SMARTS) is 1. The highest BCUT2D eigenvalue weighted by Crippen LogP contribution is 2.34. The van der Waals surface area contributed by atoms with Crippen molar-refractivity contribution in [2.45, 2.75) is 6.18 Å². The van der Waals surface area contributed by atoms with Crippen molar-refractivity contribution in [2.75, 3.05) is 5.32 Å². The Labute approximate surface area is 134 Å². The first-order chi connectivity index (χ1) is 11.4. The van der Waals surface area contributed by atoms with Gasteiger partial charge in [0.2, 0.25) is 0 Å². The van der Waals surface area contributed by atoms with Gasteiger partial charge in [-0.3, -0.25) is 0 Å². The maximum atomic E-state index is 13.1. The third-order valence-corrected chi connectivity index (χ3v) is 3.43. The lowest BCUT2D eigenvalue weighted by Gasteiger charge is -2.14. The first kappa shape index (κ1) is 15.8. The maximum Gasteiger partial charge on any atom is 0.433 e. The van der Waals surface area contributed by atoms with Crippen molar-refractivity contribution in [3.8, 4) is 0 Å². The fourth-order valence-corrected chi connectivity index (χ4v) is 2.35. The van der Waals surface area contributed by atoms with E-state index >= 15 is 0 Å². The van der Waals surface area contributed by atoms with Gasteiger partial charge in [0.25, 0.3) is 0 Å². The molecule has 1 aromatic heterocycles. The molecule has 0 fully saturated rings. The molecule has 4 nitrogen and oxygen atoms in total. The number of carbonyl (C=O) groups is 1. The quantitative estimate of drug-likeness (QED) is 0.730. The van der Waals surface area contributed by atoms with Crippen LogP contribution in [0, 0.1) is 0 Å². The Morgan fingerprint density at radius 1 is 1.00 bits per heavy atom. The number of hydrogen-bond donors (Lipinski definition) is 2. The summed E-state index contributed by atoms with van der Waals surface area (Å²) in [5, 5.41) is 12.5. The number of nitrogens with one attached hydrogen (secondary N) is 1. The van der Waals surface area contributed by atoms with Crippen LogP contribution in [0.4, 0.5) is 24.5 Å². The highest BCUT2D eigenvalue weighted by Gasteiger charge is 2.33. The lowest BCUT2D eigenvalue weighted by atomic mass is 10.1. The highest BCUT2D eigenvalue weighted by atomic mass is 19.4. The molecule has 0 aliphatic heterocycles. The molecule has 0 saturated heterocycles. The number of aromatic carboxylic acids is 1. The second-order valence-corrected chi connectivity index (χ2v) is 5.05. The van der Waals surface area contributed by atoms with Gasteiger partial charge in [-0.1, -0.05) is 30.3 Å². The van der Waals surface area contributed by atoms with Crippen LogP contribution in [0.3, 0.4) is 0 Å². The summed E-state index contributed by atoms with van der Waals surface area (Å²) in [5.41, 5.74) is -0.567. The van der Waals surface area contributed by atoms with Gasteiger partial charge < -0.3 is 10.4 Å². The second-order valence-electron chi connectivity index (χ2n) is 5.05. The van der Waals surface area contributed by atoms with Crippen molar-refractivity contribution in [2.24, 2.45) is 0 Å². The predicted molar refractivity (Wildman–Crippen MR) is 83.4 cm³/mol. The smallest absolute Gasteiger partial charge is 0.433 e. The first-order valence-electron chi connectivity index (χ1n) is 6.92. The molecule has 0 atom stereocenters. The van der Waals surface area contributed by atoms with Crippen LogP contribution < -0.4 is 5.32 Å². The van der Waals surface area contributed by atoms with E-state index in [2.05, 4.69) is 10.3 Å². The van der Waals surface area contributed by atoms with Gasteiger partial charge >= 0.3 is 12.1 Å². The number of alkyl halides is 3. The van der Waals surface area contributed by atoms with Crippen molar-refractivity contribution < 1.29 is 23.1 Å². The van der Waals surface area contributed by atoms with Crippen LogP contribution in [-0.2, 0) is 6.18 Å². The van der Waals surface area contributed by atoms with Gasteiger partial charge in [0.15, 0.2) is 0 Å². The van der Waals surface area contributed by atoms with Crippen LogP contribution in [0.15, 0.2) is 54.6 Å². The Kier molecular flexibility index (Phi) is 3.84. The van der Waals surface area contributed by atoms with Crippen molar-refractivity contribution in [1.29, 1.82) is 0 Å². The van der Waals surface area contributed by atoms with Crippen LogP contribution in [0.1, 0.15) is 16.1 Å². The monoisotopic (exact) mass is 332 g/mol. The van der Waals surface area contributed by atoms with Crippen LogP contribution >= 0.6 is 0 Å². The largest absolute Gasteiger partial charge is 0.478 e. The fraction of sp³-hybridized carbons (Fsp3) is 0.0588. The fourth-order valence-electron chi connectivity index (χ4n) is 2.35. The molecular weight excluding hydrogens is 321 g/mol. The van der Waals surface area contributed by atoms with E-state index in [1.807, 2.05) is 0 Å². The minimum absolute atomic E-state index is 0.0352. The van der Waals surface area contributed by atoms with Gasteiger partial charge in [0, 0.05) is 5.39 Å². The zero-order chi connectivity index (χ0) is 17.3. The Morgan fingerprint density at radius 3 is 2.38 bits per heavy atom. The molecule has 0 amide bonds. The molecule has 0 bridgehead atoms. The summed E-state index contributed by atoms with van der Waals surface area (Å²) >= 11 is 0. The molecule has 122 valence electrons. The standard InChI is InChI=1S/C17H11F3N2O2/c18-17(19,20)15-9-14(10-5-1-3-7-12(10)22-15)21-13-8-4-2-6-11(13)16(23)24/h1-9H,(H,21,22)(H,23,24). The van der Waals surface area contributed by atoms with Crippen molar-refractivity contribution in [3.05, 3.63) is 65.9 Å². The molecule has 7 heteroatoms. The Balaban J connectivity index is 2.17. The average molecular weight is 332 g/mol. The number of hydrogen-bond acceptors (Lipinski definition) is 3. The zero-order valence-corrected chi connectivity index (χ0v) is 12.1. The van der Waals surface area contributed by atoms with E-state index in [1.165, 1.54) is 18.2 Å². The summed E-state index contributed by atoms with van der Waals surface area (Å²) in [6, 6.07) is 13.2. The first-order valence-corrected chi connectivity index (χ1v) is 6.92. The number of carboxylic acids is 1. The third-order valence-electron chi connectivity index (χ3n) is 3.43. The van der Waals surface area contributed by atoms with Gasteiger partial charge in [-0.25, -0.2) is 9.78 Å². The lowest BCUT2D eigenvalue weighted by Crippen LogP contribution is -2.09. The number of halogens is 3. The van der Waals surface area contributed by atoms with Crippen LogP contribution in [0.2, 0.25) is 0 Å². The maximum absolute atomic E-state index is 13.1. The summed E-state index contributed by atoms with van der Waals surface area (Å²) < 4.78 is 39.2. The molecule has 2 N–H and O–H groups in total. The van der Waals surface area contributed by atoms with E-state index < -0.39 is 17.8 Å². The molecule has 2 aromatic carbocycles. The van der Waals surface area contributed by atoms with E-state index in [4.69, 9.17) is 0 Å². The van der Waals surface area contributed by atoms with Gasteiger partial charge in [-0.2, -0.15) is 13.2 Å². The highest BCUT2D eigenvalue weighted by molar-refractivity contribution is 5.98. The Bertz CT molecular complexity index is 923. The van der Waals surface area contributed by atoms with Gasteiger partial charge in [-0.05, 0) is 24.3 Å². The summed E-state index contributed by atoms with van der Waals surface area (Å²) in [6.45, 7) is 0. The van der Waals surface area contributed by atoms with E-state index in [0.29, 0.717) is 5.39 Å². The summed E-state index contributed by atoms with van der Waals surface area (Å²) in [5.74, 6) is -1.17. The molecule has 24 heavy (non-hydrogen) atoms. The number of aromatic nitrogens is 1. The molecular formula is C17H11F3N2O2.